The molecule has 0 aliphatic carbocycles. The minimum absolute atomic E-state index is 0.0764. The van der Waals surface area contributed by atoms with Crippen molar-refractivity contribution < 1.29 is 19.5 Å². The summed E-state index contributed by atoms with van der Waals surface area (Å²) in [7, 11) is 0. The molecule has 3 N–H and O–H groups in total. The monoisotopic (exact) mass is 243 g/mol. The largest absolute Gasteiger partial charge is 0.395 e. The molecule has 0 aromatic carbocycles. The van der Waals surface area contributed by atoms with E-state index in [9.17, 15) is 14.4 Å². The molecule has 0 spiro atoms. The van der Waals surface area contributed by atoms with E-state index in [1.807, 2.05) is 0 Å². The highest BCUT2D eigenvalue weighted by Crippen LogP contribution is 2.06. The van der Waals surface area contributed by atoms with Crippen molar-refractivity contribution in [1.29, 1.82) is 0 Å². The molecule has 0 radical (unpaired) electrons. The minimum Gasteiger partial charge on any atom is -0.395 e. The summed E-state index contributed by atoms with van der Waals surface area (Å²) in [6, 6.07) is -1.03. The van der Waals surface area contributed by atoms with Crippen LogP contribution in [0.1, 0.15) is 19.8 Å². The van der Waals surface area contributed by atoms with Crippen LogP contribution in [0.2, 0.25) is 0 Å². The molecule has 1 rings (SSSR count). The predicted molar refractivity (Wildman–Crippen MR) is 59.0 cm³/mol. The van der Waals surface area contributed by atoms with E-state index in [0.29, 0.717) is 6.54 Å². The van der Waals surface area contributed by atoms with Gasteiger partial charge < -0.3 is 15.3 Å². The van der Waals surface area contributed by atoms with E-state index in [0.717, 1.165) is 0 Å². The van der Waals surface area contributed by atoms with Gasteiger partial charge in [-0.2, -0.15) is 0 Å². The Morgan fingerprint density at radius 1 is 1.53 bits per heavy atom. The highest BCUT2D eigenvalue weighted by atomic mass is 16.3. The Morgan fingerprint density at radius 3 is 2.76 bits per heavy atom. The first-order valence-electron chi connectivity index (χ1n) is 5.55. The molecule has 7 nitrogen and oxygen atoms in total. The van der Waals surface area contributed by atoms with Gasteiger partial charge in [0.25, 0.3) is 0 Å². The molecular formula is C10H17N3O4. The normalized spacial score (nSPS) is 19.5. The van der Waals surface area contributed by atoms with Gasteiger partial charge in [-0.3, -0.25) is 14.9 Å². The SMILES string of the molecule is CCN(CCO)C(=O)CC1CC(=O)NC(=O)N1. The number of urea groups is 1. The second-order valence-corrected chi connectivity index (χ2v) is 3.82. The van der Waals surface area contributed by atoms with Crippen molar-refractivity contribution in [2.24, 2.45) is 0 Å². The second-order valence-electron chi connectivity index (χ2n) is 3.82. The molecule has 1 aliphatic heterocycles. The fraction of sp³-hybridized carbons (Fsp3) is 0.700. The number of imide groups is 1. The third-order valence-corrected chi connectivity index (χ3v) is 2.55. The van der Waals surface area contributed by atoms with Gasteiger partial charge >= 0.3 is 6.03 Å². The summed E-state index contributed by atoms with van der Waals surface area (Å²) in [5.74, 6) is -0.557. The van der Waals surface area contributed by atoms with Crippen LogP contribution in [0, 0.1) is 0 Å². The highest BCUT2D eigenvalue weighted by Gasteiger charge is 2.26. The fourth-order valence-corrected chi connectivity index (χ4v) is 1.72. The molecule has 4 amide bonds. The van der Waals surface area contributed by atoms with E-state index in [1.54, 1.807) is 6.92 Å². The fourth-order valence-electron chi connectivity index (χ4n) is 1.72. The number of carbonyl (C=O) groups excluding carboxylic acids is 3. The molecule has 1 aliphatic rings. The number of amides is 4. The Labute approximate surface area is 99.2 Å². The smallest absolute Gasteiger partial charge is 0.321 e. The third-order valence-electron chi connectivity index (χ3n) is 2.55. The van der Waals surface area contributed by atoms with Crippen molar-refractivity contribution in [3.8, 4) is 0 Å². The van der Waals surface area contributed by atoms with Crippen molar-refractivity contribution in [1.82, 2.24) is 15.5 Å². The maximum atomic E-state index is 11.8. The number of hydrogen-bond donors (Lipinski definition) is 3. The van der Waals surface area contributed by atoms with Gasteiger partial charge in [0.1, 0.15) is 0 Å². The van der Waals surface area contributed by atoms with Crippen molar-refractivity contribution in [2.75, 3.05) is 19.7 Å². The summed E-state index contributed by atoms with van der Waals surface area (Å²) in [5.41, 5.74) is 0. The molecule has 1 heterocycles. The topological polar surface area (TPSA) is 98.7 Å². The molecule has 1 unspecified atom stereocenters. The Bertz CT molecular complexity index is 303. The number of likely N-dealkylation sites (N-methyl/N-ethyl adjacent to an activating group) is 1. The average Bonchev–Trinajstić information content (AvgIpc) is 2.24. The maximum absolute atomic E-state index is 11.8. The van der Waals surface area contributed by atoms with E-state index < -0.39 is 12.1 Å². The predicted octanol–water partition coefficient (Wildman–Crippen LogP) is -1.18. The van der Waals surface area contributed by atoms with Crippen molar-refractivity contribution in [3.05, 3.63) is 0 Å². The maximum Gasteiger partial charge on any atom is 0.321 e. The Hall–Kier alpha value is -1.63. The van der Waals surface area contributed by atoms with Crippen LogP contribution in [0.4, 0.5) is 4.79 Å². The lowest BCUT2D eigenvalue weighted by molar-refractivity contribution is -0.132. The van der Waals surface area contributed by atoms with E-state index in [1.165, 1.54) is 4.90 Å². The van der Waals surface area contributed by atoms with Gasteiger partial charge in [-0.25, -0.2) is 4.79 Å². The first kappa shape index (κ1) is 13.4. The molecule has 1 atom stereocenters. The van der Waals surface area contributed by atoms with E-state index in [2.05, 4.69) is 10.6 Å². The van der Waals surface area contributed by atoms with Crippen LogP contribution < -0.4 is 10.6 Å². The van der Waals surface area contributed by atoms with Crippen LogP contribution in [-0.2, 0) is 9.59 Å². The lowest BCUT2D eigenvalue weighted by Gasteiger charge is -2.26. The zero-order valence-corrected chi connectivity index (χ0v) is 9.73. The van der Waals surface area contributed by atoms with Gasteiger partial charge in [-0.05, 0) is 6.92 Å². The third kappa shape index (κ3) is 4.03. The van der Waals surface area contributed by atoms with Crippen LogP contribution >= 0.6 is 0 Å². The van der Waals surface area contributed by atoms with Gasteiger partial charge in [-0.15, -0.1) is 0 Å². The summed E-state index contributed by atoms with van der Waals surface area (Å²) in [6.45, 7) is 2.46. The Morgan fingerprint density at radius 2 is 2.24 bits per heavy atom. The summed E-state index contributed by atoms with van der Waals surface area (Å²) in [6.07, 6.45) is 0.182. The van der Waals surface area contributed by atoms with Crippen molar-refractivity contribution >= 4 is 17.8 Å². The molecule has 7 heteroatoms. The number of rotatable bonds is 5. The second kappa shape index (κ2) is 6.19. The quantitative estimate of drug-likeness (QED) is 0.565. The van der Waals surface area contributed by atoms with Crippen LogP contribution in [-0.4, -0.2) is 53.6 Å². The number of carbonyl (C=O) groups is 3. The van der Waals surface area contributed by atoms with Crippen LogP contribution in [0.5, 0.6) is 0 Å². The zero-order valence-electron chi connectivity index (χ0n) is 9.73. The molecule has 0 bridgehead atoms. The lowest BCUT2D eigenvalue weighted by Crippen LogP contribution is -2.53. The number of nitrogens with one attached hydrogen (secondary N) is 2. The van der Waals surface area contributed by atoms with E-state index in [4.69, 9.17) is 5.11 Å². The summed E-state index contributed by atoms with van der Waals surface area (Å²) < 4.78 is 0. The number of aliphatic hydroxyl groups is 1. The molecule has 0 saturated carbocycles. The Kier molecular flexibility index (Phi) is 4.89. The number of hydrogen-bond acceptors (Lipinski definition) is 4. The average molecular weight is 243 g/mol. The first-order chi connectivity index (χ1) is 8.06. The van der Waals surface area contributed by atoms with Crippen LogP contribution in [0.15, 0.2) is 0 Å². The van der Waals surface area contributed by atoms with E-state index in [-0.39, 0.29) is 37.8 Å². The molecule has 1 fully saturated rings. The van der Waals surface area contributed by atoms with Gasteiger partial charge in [0, 0.05) is 32.0 Å². The minimum atomic E-state index is -0.566. The van der Waals surface area contributed by atoms with Gasteiger partial charge in [-0.1, -0.05) is 0 Å². The van der Waals surface area contributed by atoms with E-state index >= 15 is 0 Å². The highest BCUT2D eigenvalue weighted by molar-refractivity contribution is 5.97. The molecule has 17 heavy (non-hydrogen) atoms. The molecule has 1 saturated heterocycles. The zero-order chi connectivity index (χ0) is 12.8. The Balaban J connectivity index is 2.49. The van der Waals surface area contributed by atoms with Crippen molar-refractivity contribution in [3.63, 3.8) is 0 Å². The van der Waals surface area contributed by atoms with Crippen LogP contribution in [0.3, 0.4) is 0 Å². The summed E-state index contributed by atoms with van der Waals surface area (Å²) in [4.78, 5) is 35.4. The van der Waals surface area contributed by atoms with Crippen molar-refractivity contribution in [2.45, 2.75) is 25.8 Å². The molecule has 96 valence electrons. The molecule has 0 aromatic rings. The first-order valence-corrected chi connectivity index (χ1v) is 5.55. The van der Waals surface area contributed by atoms with Crippen LogP contribution in [0.25, 0.3) is 0 Å². The van der Waals surface area contributed by atoms with Gasteiger partial charge in [0.2, 0.25) is 11.8 Å². The lowest BCUT2D eigenvalue weighted by atomic mass is 10.1. The van der Waals surface area contributed by atoms with Gasteiger partial charge in [0.15, 0.2) is 0 Å². The summed E-state index contributed by atoms with van der Waals surface area (Å²) >= 11 is 0. The summed E-state index contributed by atoms with van der Waals surface area (Å²) in [5, 5.41) is 13.4. The van der Waals surface area contributed by atoms with Gasteiger partial charge in [0.05, 0.1) is 6.61 Å². The standard InChI is InChI=1S/C10H17N3O4/c1-2-13(3-4-14)9(16)6-7-5-8(15)12-10(17)11-7/h7,14H,2-6H2,1H3,(H2,11,12,15,17). The number of nitrogens with zero attached hydrogens (tertiary/aromatic N) is 1. The molecule has 0 aromatic heterocycles. The number of aliphatic hydroxyl groups excluding tert-OH is 1. The molecular weight excluding hydrogens is 226 g/mol.